The first kappa shape index (κ1) is 9.20. The summed E-state index contributed by atoms with van der Waals surface area (Å²) in [5, 5.41) is 9.84. The van der Waals surface area contributed by atoms with Crippen LogP contribution in [-0.2, 0) is 4.79 Å². The Bertz CT molecular complexity index is 263. The molecule has 0 aromatic carbocycles. The minimum Gasteiger partial charge on any atom is -0.377 e. The molecule has 0 amide bonds. The molecule has 2 heteroatoms. The highest BCUT2D eigenvalue weighted by molar-refractivity contribution is 6.00. The first-order valence-corrected chi connectivity index (χ1v) is 4.07. The van der Waals surface area contributed by atoms with Crippen LogP contribution < -0.4 is 0 Å². The predicted molar refractivity (Wildman–Crippen MR) is 47.8 cm³/mol. The average molecular weight is 166 g/mol. The summed E-state index contributed by atoms with van der Waals surface area (Å²) in [4.78, 5) is 11.4. The van der Waals surface area contributed by atoms with Crippen molar-refractivity contribution in [1.82, 2.24) is 0 Å². The van der Waals surface area contributed by atoms with E-state index in [1.165, 1.54) is 6.08 Å². The molecule has 0 saturated heterocycles. The molecule has 1 unspecified atom stereocenters. The van der Waals surface area contributed by atoms with Gasteiger partial charge in [-0.3, -0.25) is 4.79 Å². The van der Waals surface area contributed by atoms with Crippen molar-refractivity contribution < 1.29 is 9.90 Å². The Balaban J connectivity index is 2.98. The van der Waals surface area contributed by atoms with Crippen molar-refractivity contribution in [3.05, 3.63) is 23.8 Å². The molecule has 1 aliphatic rings. The molecule has 2 nitrogen and oxygen atoms in total. The zero-order valence-electron chi connectivity index (χ0n) is 7.55. The van der Waals surface area contributed by atoms with E-state index in [2.05, 4.69) is 6.58 Å². The summed E-state index contributed by atoms with van der Waals surface area (Å²) in [6.07, 6.45) is 2.76. The SMILES string of the molecule is C=C(C)C1(O)CCC(C)=CC1=O. The first-order valence-electron chi connectivity index (χ1n) is 4.07. The second kappa shape index (κ2) is 2.87. The van der Waals surface area contributed by atoms with Crippen molar-refractivity contribution in [1.29, 1.82) is 0 Å². The molecular formula is C10H14O2. The molecule has 1 aliphatic carbocycles. The van der Waals surface area contributed by atoms with Gasteiger partial charge < -0.3 is 5.11 Å². The molecule has 0 heterocycles. The highest BCUT2D eigenvalue weighted by atomic mass is 16.3. The van der Waals surface area contributed by atoms with E-state index in [-0.39, 0.29) is 5.78 Å². The summed E-state index contributed by atoms with van der Waals surface area (Å²) in [5.74, 6) is -0.223. The minimum absolute atomic E-state index is 0.223. The van der Waals surface area contributed by atoms with Crippen molar-refractivity contribution in [3.8, 4) is 0 Å². The first-order chi connectivity index (χ1) is 5.47. The van der Waals surface area contributed by atoms with Gasteiger partial charge in [0.25, 0.3) is 0 Å². The lowest BCUT2D eigenvalue weighted by molar-refractivity contribution is -0.129. The molecule has 1 rings (SSSR count). The van der Waals surface area contributed by atoms with Crippen molar-refractivity contribution >= 4 is 5.78 Å². The zero-order chi connectivity index (χ0) is 9.35. The summed E-state index contributed by atoms with van der Waals surface area (Å²) in [6, 6.07) is 0. The minimum atomic E-state index is -1.29. The fourth-order valence-electron chi connectivity index (χ4n) is 1.34. The van der Waals surface area contributed by atoms with Gasteiger partial charge in [0.05, 0.1) is 0 Å². The maximum atomic E-state index is 11.4. The van der Waals surface area contributed by atoms with Crippen LogP contribution in [0.4, 0.5) is 0 Å². The normalized spacial score (nSPS) is 29.9. The van der Waals surface area contributed by atoms with Gasteiger partial charge in [-0.2, -0.15) is 0 Å². The summed E-state index contributed by atoms with van der Waals surface area (Å²) >= 11 is 0. The van der Waals surface area contributed by atoms with Crippen LogP contribution >= 0.6 is 0 Å². The van der Waals surface area contributed by atoms with E-state index in [0.717, 1.165) is 12.0 Å². The van der Waals surface area contributed by atoms with Crippen molar-refractivity contribution in [3.63, 3.8) is 0 Å². The second-order valence-electron chi connectivity index (χ2n) is 3.50. The van der Waals surface area contributed by atoms with E-state index in [4.69, 9.17) is 0 Å². The highest BCUT2D eigenvalue weighted by Crippen LogP contribution is 2.29. The lowest BCUT2D eigenvalue weighted by Crippen LogP contribution is -2.40. The smallest absolute Gasteiger partial charge is 0.191 e. The Kier molecular flexibility index (Phi) is 2.20. The van der Waals surface area contributed by atoms with Gasteiger partial charge in [-0.05, 0) is 38.3 Å². The van der Waals surface area contributed by atoms with E-state index in [1.54, 1.807) is 6.92 Å². The van der Waals surface area contributed by atoms with E-state index in [9.17, 15) is 9.90 Å². The Labute approximate surface area is 72.6 Å². The molecule has 66 valence electrons. The topological polar surface area (TPSA) is 37.3 Å². The van der Waals surface area contributed by atoms with Gasteiger partial charge in [0.15, 0.2) is 5.78 Å². The average Bonchev–Trinajstić information content (AvgIpc) is 1.97. The fraction of sp³-hybridized carbons (Fsp3) is 0.500. The molecule has 0 spiro atoms. The third kappa shape index (κ3) is 1.34. The number of ketones is 1. The van der Waals surface area contributed by atoms with Gasteiger partial charge in [-0.25, -0.2) is 0 Å². The van der Waals surface area contributed by atoms with Crippen LogP contribution in [0.25, 0.3) is 0 Å². The van der Waals surface area contributed by atoms with Crippen LogP contribution in [0.3, 0.4) is 0 Å². The molecule has 0 aromatic heterocycles. The van der Waals surface area contributed by atoms with Crippen LogP contribution in [0.2, 0.25) is 0 Å². The van der Waals surface area contributed by atoms with E-state index in [1.807, 2.05) is 6.92 Å². The molecule has 0 fully saturated rings. The molecule has 1 atom stereocenters. The quantitative estimate of drug-likeness (QED) is 0.601. The van der Waals surface area contributed by atoms with Crippen LogP contribution in [0, 0.1) is 0 Å². The van der Waals surface area contributed by atoms with E-state index >= 15 is 0 Å². The Morgan fingerprint density at radius 3 is 2.75 bits per heavy atom. The van der Waals surface area contributed by atoms with E-state index < -0.39 is 5.60 Å². The number of carbonyl (C=O) groups is 1. The summed E-state index contributed by atoms with van der Waals surface area (Å²) in [6.45, 7) is 7.21. The third-order valence-corrected chi connectivity index (χ3v) is 2.37. The number of carbonyl (C=O) groups excluding carboxylic acids is 1. The van der Waals surface area contributed by atoms with Crippen LogP contribution in [0.15, 0.2) is 23.8 Å². The largest absolute Gasteiger partial charge is 0.377 e. The Morgan fingerprint density at radius 1 is 1.75 bits per heavy atom. The van der Waals surface area contributed by atoms with Crippen LogP contribution in [-0.4, -0.2) is 16.5 Å². The fourth-order valence-corrected chi connectivity index (χ4v) is 1.34. The van der Waals surface area contributed by atoms with Crippen molar-refractivity contribution in [2.75, 3.05) is 0 Å². The van der Waals surface area contributed by atoms with Gasteiger partial charge in [0, 0.05) is 0 Å². The Hall–Kier alpha value is -0.890. The molecule has 0 aromatic rings. The molecule has 0 radical (unpaired) electrons. The second-order valence-corrected chi connectivity index (χ2v) is 3.50. The maximum absolute atomic E-state index is 11.4. The summed E-state index contributed by atoms with van der Waals surface area (Å²) < 4.78 is 0. The molecule has 1 N–H and O–H groups in total. The number of hydrogen-bond donors (Lipinski definition) is 1. The monoisotopic (exact) mass is 166 g/mol. The summed E-state index contributed by atoms with van der Waals surface area (Å²) in [5.41, 5.74) is 0.279. The summed E-state index contributed by atoms with van der Waals surface area (Å²) in [7, 11) is 0. The van der Waals surface area contributed by atoms with Gasteiger partial charge >= 0.3 is 0 Å². The molecule has 0 saturated carbocycles. The van der Waals surface area contributed by atoms with Crippen molar-refractivity contribution in [2.45, 2.75) is 32.3 Å². The van der Waals surface area contributed by atoms with Gasteiger partial charge in [-0.15, -0.1) is 0 Å². The van der Waals surface area contributed by atoms with Gasteiger partial charge in [0.2, 0.25) is 0 Å². The molecule has 12 heavy (non-hydrogen) atoms. The molecular weight excluding hydrogens is 152 g/mol. The number of hydrogen-bond acceptors (Lipinski definition) is 2. The van der Waals surface area contributed by atoms with Crippen molar-refractivity contribution in [2.24, 2.45) is 0 Å². The zero-order valence-corrected chi connectivity index (χ0v) is 7.55. The van der Waals surface area contributed by atoms with Crippen LogP contribution in [0.1, 0.15) is 26.7 Å². The number of allylic oxidation sites excluding steroid dienone is 1. The predicted octanol–water partition coefficient (Wildman–Crippen LogP) is 1.60. The number of aliphatic hydroxyl groups is 1. The van der Waals surface area contributed by atoms with Gasteiger partial charge in [0.1, 0.15) is 5.60 Å². The standard InChI is InChI=1S/C10H14O2/c1-7(2)10(12)5-4-8(3)6-9(10)11/h6,12H,1,4-5H2,2-3H3. The number of rotatable bonds is 1. The molecule has 0 bridgehead atoms. The maximum Gasteiger partial charge on any atom is 0.191 e. The Morgan fingerprint density at radius 2 is 2.33 bits per heavy atom. The van der Waals surface area contributed by atoms with Gasteiger partial charge in [-0.1, -0.05) is 12.2 Å². The third-order valence-electron chi connectivity index (χ3n) is 2.37. The molecule has 0 aliphatic heterocycles. The lowest BCUT2D eigenvalue weighted by atomic mass is 9.80. The van der Waals surface area contributed by atoms with Crippen LogP contribution in [0.5, 0.6) is 0 Å². The van der Waals surface area contributed by atoms with E-state index in [0.29, 0.717) is 12.0 Å². The highest BCUT2D eigenvalue weighted by Gasteiger charge is 2.37. The lowest BCUT2D eigenvalue weighted by Gasteiger charge is -2.29.